The van der Waals surface area contributed by atoms with Gasteiger partial charge in [0.15, 0.2) is 0 Å². The van der Waals surface area contributed by atoms with Gasteiger partial charge in [0.05, 0.1) is 11.4 Å². The lowest BCUT2D eigenvalue weighted by atomic mass is 10.0. The molecule has 0 unspecified atom stereocenters. The second kappa shape index (κ2) is 8.49. The van der Waals surface area contributed by atoms with E-state index >= 15 is 0 Å². The Morgan fingerprint density at radius 3 is 2.55 bits per heavy atom. The molecular weight excluding hydrogens is 380 g/mol. The summed E-state index contributed by atoms with van der Waals surface area (Å²) >= 11 is 1.39. The zero-order valence-electron chi connectivity index (χ0n) is 18.4. The molecule has 1 N–H and O–H groups in total. The molecule has 0 atom stereocenters. The number of aromatic nitrogens is 3. The smallest absolute Gasteiger partial charge is 0.267 e. The Labute approximate surface area is 177 Å². The molecule has 1 amide bonds. The number of carbonyl (C=O) groups excluding carboxylic acids is 1. The molecule has 2 heterocycles. The van der Waals surface area contributed by atoms with Crippen molar-refractivity contribution in [3.05, 3.63) is 56.8 Å². The minimum Gasteiger partial charge on any atom is -0.321 e. The van der Waals surface area contributed by atoms with Gasteiger partial charge >= 0.3 is 0 Å². The zero-order chi connectivity index (χ0) is 21.3. The Bertz CT molecular complexity index is 1050. The number of aryl methyl sites for hydroxylation is 3. The van der Waals surface area contributed by atoms with Crippen LogP contribution in [-0.4, -0.2) is 20.7 Å². The lowest BCUT2D eigenvalue weighted by Crippen LogP contribution is -2.12. The molecule has 5 nitrogen and oxygen atoms in total. The van der Waals surface area contributed by atoms with E-state index in [1.165, 1.54) is 16.9 Å². The van der Waals surface area contributed by atoms with E-state index in [-0.39, 0.29) is 5.91 Å². The zero-order valence-corrected chi connectivity index (χ0v) is 19.2. The molecular formula is C23H30N4OS. The average Bonchev–Trinajstić information content (AvgIpc) is 3.17. The summed E-state index contributed by atoms with van der Waals surface area (Å²) in [5.41, 5.74) is 7.23. The average molecular weight is 411 g/mol. The fraction of sp³-hybridized carbons (Fsp3) is 0.435. The topological polar surface area (TPSA) is 59.8 Å². The fourth-order valence-electron chi connectivity index (χ4n) is 3.41. The molecule has 3 rings (SSSR count). The first kappa shape index (κ1) is 21.2. The molecule has 0 aliphatic heterocycles. The van der Waals surface area contributed by atoms with Crippen LogP contribution in [0.3, 0.4) is 0 Å². The fourth-order valence-corrected chi connectivity index (χ4v) is 4.37. The van der Waals surface area contributed by atoms with Crippen LogP contribution in [0.5, 0.6) is 0 Å². The van der Waals surface area contributed by atoms with E-state index in [9.17, 15) is 4.79 Å². The summed E-state index contributed by atoms with van der Waals surface area (Å²) in [5.74, 6) is 0.529. The second-order valence-corrected chi connectivity index (χ2v) is 9.08. The number of anilines is 1. The number of nitrogens with zero attached hydrogens (tertiary/aromatic N) is 3. The molecule has 6 heteroatoms. The van der Waals surface area contributed by atoms with Crippen molar-refractivity contribution < 1.29 is 4.79 Å². The quantitative estimate of drug-likeness (QED) is 0.566. The summed E-state index contributed by atoms with van der Waals surface area (Å²) in [6, 6.07) is 5.93. The molecule has 0 spiro atoms. The third kappa shape index (κ3) is 4.42. The molecule has 0 fully saturated rings. The van der Waals surface area contributed by atoms with Gasteiger partial charge in [0.25, 0.3) is 5.91 Å². The van der Waals surface area contributed by atoms with Gasteiger partial charge in [0, 0.05) is 11.4 Å². The molecule has 0 saturated carbocycles. The van der Waals surface area contributed by atoms with Gasteiger partial charge in [-0.2, -0.15) is 5.10 Å². The van der Waals surface area contributed by atoms with Crippen LogP contribution in [0, 0.1) is 40.5 Å². The van der Waals surface area contributed by atoms with Crippen molar-refractivity contribution in [1.29, 1.82) is 0 Å². The van der Waals surface area contributed by atoms with Gasteiger partial charge in [0.2, 0.25) is 5.13 Å². The maximum Gasteiger partial charge on any atom is 0.267 e. The normalized spacial score (nSPS) is 11.3. The highest BCUT2D eigenvalue weighted by Gasteiger charge is 2.20. The van der Waals surface area contributed by atoms with E-state index in [4.69, 9.17) is 5.10 Å². The summed E-state index contributed by atoms with van der Waals surface area (Å²) in [4.78, 5) is 18.2. The molecule has 1 aromatic carbocycles. The molecule has 3 aromatic rings. The van der Waals surface area contributed by atoms with E-state index in [1.807, 2.05) is 50.6 Å². The predicted molar refractivity (Wildman–Crippen MR) is 120 cm³/mol. The van der Waals surface area contributed by atoms with E-state index in [2.05, 4.69) is 31.1 Å². The molecule has 2 aromatic heterocycles. The van der Waals surface area contributed by atoms with Crippen LogP contribution in [0.2, 0.25) is 0 Å². The van der Waals surface area contributed by atoms with Crippen LogP contribution in [0.25, 0.3) is 5.13 Å². The number of hydrogen-bond donors (Lipinski definition) is 1. The third-order valence-electron chi connectivity index (χ3n) is 5.44. The minimum absolute atomic E-state index is 0.124. The number of nitrogens with one attached hydrogen (secondary N) is 1. The second-order valence-electron chi connectivity index (χ2n) is 8.11. The van der Waals surface area contributed by atoms with Crippen LogP contribution < -0.4 is 5.32 Å². The maximum atomic E-state index is 12.9. The van der Waals surface area contributed by atoms with Gasteiger partial charge in [-0.3, -0.25) is 4.79 Å². The summed E-state index contributed by atoms with van der Waals surface area (Å²) in [5, 5.41) is 8.49. The first-order chi connectivity index (χ1) is 13.7. The standard InChI is InChI=1S/C23H30N4OS/c1-13(2)11-12-19-16(5)26-27(18(19)7)23-24-17(6)21(29-23)22(28)25-20-10-8-9-14(3)15(20)4/h8-10,13H,11-12H2,1-7H3,(H,25,28). The highest BCUT2D eigenvalue weighted by atomic mass is 32.1. The van der Waals surface area contributed by atoms with E-state index in [0.29, 0.717) is 10.8 Å². The summed E-state index contributed by atoms with van der Waals surface area (Å²) in [7, 11) is 0. The minimum atomic E-state index is -0.124. The van der Waals surface area contributed by atoms with Gasteiger partial charge in [-0.25, -0.2) is 9.67 Å². The first-order valence-electron chi connectivity index (χ1n) is 10.1. The van der Waals surface area contributed by atoms with Crippen molar-refractivity contribution in [2.75, 3.05) is 5.32 Å². The maximum absolute atomic E-state index is 12.9. The third-order valence-corrected chi connectivity index (χ3v) is 6.57. The van der Waals surface area contributed by atoms with Crippen LogP contribution in [0.1, 0.15) is 63.7 Å². The van der Waals surface area contributed by atoms with E-state index in [0.717, 1.165) is 51.9 Å². The SMILES string of the molecule is Cc1cccc(NC(=O)c2sc(-n3nc(C)c(CCC(C)C)c3C)nc2C)c1C. The number of carbonyl (C=O) groups is 1. The Kier molecular flexibility index (Phi) is 6.22. The van der Waals surface area contributed by atoms with Crippen molar-refractivity contribution in [3.63, 3.8) is 0 Å². The van der Waals surface area contributed by atoms with Gasteiger partial charge in [0.1, 0.15) is 4.88 Å². The first-order valence-corrected chi connectivity index (χ1v) is 10.9. The highest BCUT2D eigenvalue weighted by Crippen LogP contribution is 2.27. The summed E-state index contributed by atoms with van der Waals surface area (Å²) in [6.45, 7) is 14.5. The van der Waals surface area contributed by atoms with Crippen LogP contribution in [0.4, 0.5) is 5.69 Å². The summed E-state index contributed by atoms with van der Waals surface area (Å²) < 4.78 is 1.89. The van der Waals surface area contributed by atoms with Crippen molar-refractivity contribution in [1.82, 2.24) is 14.8 Å². The van der Waals surface area contributed by atoms with Crippen molar-refractivity contribution in [2.45, 2.75) is 61.3 Å². The molecule has 0 bridgehead atoms. The van der Waals surface area contributed by atoms with Gasteiger partial charge in [-0.05, 0) is 76.1 Å². The Morgan fingerprint density at radius 1 is 1.14 bits per heavy atom. The Morgan fingerprint density at radius 2 is 1.86 bits per heavy atom. The number of thiazole rings is 1. The summed E-state index contributed by atoms with van der Waals surface area (Å²) in [6.07, 6.45) is 2.15. The number of rotatable bonds is 6. The van der Waals surface area contributed by atoms with E-state index in [1.54, 1.807) is 0 Å². The van der Waals surface area contributed by atoms with Gasteiger partial charge in [-0.15, -0.1) is 0 Å². The highest BCUT2D eigenvalue weighted by molar-refractivity contribution is 7.16. The molecule has 0 aliphatic rings. The van der Waals surface area contributed by atoms with Crippen molar-refractivity contribution in [3.8, 4) is 5.13 Å². The molecule has 0 radical (unpaired) electrons. The lowest BCUT2D eigenvalue weighted by molar-refractivity contribution is 0.102. The van der Waals surface area contributed by atoms with Gasteiger partial charge < -0.3 is 5.32 Å². The number of amides is 1. The van der Waals surface area contributed by atoms with Crippen LogP contribution >= 0.6 is 11.3 Å². The Balaban J connectivity index is 1.88. The van der Waals surface area contributed by atoms with Crippen LogP contribution in [0.15, 0.2) is 18.2 Å². The monoisotopic (exact) mass is 410 g/mol. The molecule has 154 valence electrons. The predicted octanol–water partition coefficient (Wildman–Crippen LogP) is 5.71. The number of benzene rings is 1. The van der Waals surface area contributed by atoms with Gasteiger partial charge in [-0.1, -0.05) is 37.3 Å². The largest absolute Gasteiger partial charge is 0.321 e. The molecule has 0 aliphatic carbocycles. The molecule has 0 saturated heterocycles. The van der Waals surface area contributed by atoms with Crippen molar-refractivity contribution >= 4 is 22.9 Å². The lowest BCUT2D eigenvalue weighted by Gasteiger charge is -2.09. The molecule has 29 heavy (non-hydrogen) atoms. The van der Waals surface area contributed by atoms with Crippen LogP contribution in [-0.2, 0) is 6.42 Å². The van der Waals surface area contributed by atoms with E-state index < -0.39 is 0 Å². The Hall–Kier alpha value is -2.47. The number of hydrogen-bond acceptors (Lipinski definition) is 4. The van der Waals surface area contributed by atoms with Crippen molar-refractivity contribution in [2.24, 2.45) is 5.92 Å².